The van der Waals surface area contributed by atoms with Crippen LogP contribution in [0.5, 0.6) is 0 Å². The second-order valence-corrected chi connectivity index (χ2v) is 6.33. The van der Waals surface area contributed by atoms with Crippen LogP contribution in [0.15, 0.2) is 36.0 Å². The van der Waals surface area contributed by atoms with Crippen LogP contribution in [0.1, 0.15) is 22.9 Å². The van der Waals surface area contributed by atoms with Crippen LogP contribution in [-0.2, 0) is 6.42 Å². The van der Waals surface area contributed by atoms with E-state index in [0.29, 0.717) is 6.04 Å². The molecule has 0 spiro atoms. The topological polar surface area (TPSA) is 37.8 Å². The van der Waals surface area contributed by atoms with Crippen molar-refractivity contribution in [2.75, 3.05) is 6.54 Å². The van der Waals surface area contributed by atoms with Gasteiger partial charge in [-0.15, -0.1) is 22.7 Å². The second-order valence-electron chi connectivity index (χ2n) is 4.29. The van der Waals surface area contributed by atoms with E-state index in [9.17, 15) is 0 Å². The molecule has 0 radical (unpaired) electrons. The van der Waals surface area contributed by atoms with Crippen molar-refractivity contribution >= 4 is 32.9 Å². The lowest BCUT2D eigenvalue weighted by Gasteiger charge is -2.14. The average Bonchev–Trinajstić information content (AvgIpc) is 3.07. The van der Waals surface area contributed by atoms with E-state index in [-0.39, 0.29) is 0 Å². The smallest absolute Gasteiger partial charge is 0.0957 e. The van der Waals surface area contributed by atoms with Crippen molar-refractivity contribution in [1.29, 1.82) is 0 Å². The molecule has 1 N–H and O–H groups in total. The summed E-state index contributed by atoms with van der Waals surface area (Å²) in [5.74, 6) is 0. The van der Waals surface area contributed by atoms with Crippen molar-refractivity contribution in [3.63, 3.8) is 0 Å². The summed E-state index contributed by atoms with van der Waals surface area (Å²) >= 11 is 3.48. The number of rotatable bonds is 5. The Balaban J connectivity index is 1.85. The molecule has 1 unspecified atom stereocenters. The molecule has 1 atom stereocenters. The van der Waals surface area contributed by atoms with Crippen molar-refractivity contribution in [3.05, 3.63) is 45.9 Å². The molecule has 3 nitrogen and oxygen atoms in total. The largest absolute Gasteiger partial charge is 0.309 e. The number of hydrogen-bond donors (Lipinski definition) is 1. The Morgan fingerprint density at radius 2 is 2.21 bits per heavy atom. The average molecular weight is 289 g/mol. The molecule has 0 aliphatic heterocycles. The zero-order valence-electron chi connectivity index (χ0n) is 10.7. The van der Waals surface area contributed by atoms with Gasteiger partial charge in [-0.25, -0.2) is 4.98 Å². The van der Waals surface area contributed by atoms with E-state index in [1.807, 2.05) is 17.8 Å². The van der Waals surface area contributed by atoms with Crippen LogP contribution < -0.4 is 5.32 Å². The lowest BCUT2D eigenvalue weighted by Crippen LogP contribution is -2.22. The number of benzene rings is 1. The molecule has 0 saturated carbocycles. The first kappa shape index (κ1) is 12.7. The van der Waals surface area contributed by atoms with Crippen LogP contribution in [0.4, 0.5) is 0 Å². The minimum Gasteiger partial charge on any atom is -0.309 e. The molecule has 0 aliphatic carbocycles. The summed E-state index contributed by atoms with van der Waals surface area (Å²) in [4.78, 5) is 10.2. The lowest BCUT2D eigenvalue weighted by molar-refractivity contribution is 0.556. The summed E-state index contributed by atoms with van der Waals surface area (Å²) < 4.78 is 1.26. The Morgan fingerprint density at radius 1 is 1.32 bits per heavy atom. The molecular formula is C14H15N3S2. The Labute approximate surface area is 120 Å². The normalized spacial score (nSPS) is 12.9. The zero-order chi connectivity index (χ0) is 13.1. The van der Waals surface area contributed by atoms with Crippen molar-refractivity contribution in [2.45, 2.75) is 19.4 Å². The van der Waals surface area contributed by atoms with Crippen LogP contribution in [0, 0.1) is 0 Å². The molecule has 5 heteroatoms. The second kappa shape index (κ2) is 5.77. The van der Waals surface area contributed by atoms with Crippen LogP contribution in [-0.4, -0.2) is 16.5 Å². The summed E-state index contributed by atoms with van der Waals surface area (Å²) in [6.45, 7) is 3.08. The van der Waals surface area contributed by atoms with Crippen LogP contribution in [0.2, 0.25) is 0 Å². The molecule has 3 rings (SSSR count). The Hall–Kier alpha value is -1.30. The highest BCUT2D eigenvalue weighted by atomic mass is 32.1. The van der Waals surface area contributed by atoms with E-state index in [2.05, 4.69) is 35.4 Å². The molecule has 2 aromatic heterocycles. The third-order valence-corrected chi connectivity index (χ3v) is 4.91. The molecule has 3 aromatic rings. The van der Waals surface area contributed by atoms with Gasteiger partial charge in [0.05, 0.1) is 20.7 Å². The maximum atomic E-state index is 4.71. The highest BCUT2D eigenvalue weighted by molar-refractivity contribution is 7.18. The standard InChI is InChI=1S/C14H15N3S2/c1-2-16-11(13-8-15-9-18-13)7-14-17-10-5-3-4-6-12(10)19-14/h3-6,8-9,11,16H,2,7H2,1H3. The van der Waals surface area contributed by atoms with Crippen LogP contribution >= 0.6 is 22.7 Å². The molecule has 19 heavy (non-hydrogen) atoms. The van der Waals surface area contributed by atoms with E-state index in [1.165, 1.54) is 14.6 Å². The molecule has 0 fully saturated rings. The number of nitrogens with zero attached hydrogens (tertiary/aromatic N) is 2. The maximum Gasteiger partial charge on any atom is 0.0957 e. The van der Waals surface area contributed by atoms with Gasteiger partial charge in [0.1, 0.15) is 0 Å². The zero-order valence-corrected chi connectivity index (χ0v) is 12.3. The quantitative estimate of drug-likeness (QED) is 0.779. The molecule has 0 saturated heterocycles. The number of thiazole rings is 2. The van der Waals surface area contributed by atoms with Gasteiger partial charge >= 0.3 is 0 Å². The molecule has 0 amide bonds. The summed E-state index contributed by atoms with van der Waals surface area (Å²) in [5.41, 5.74) is 2.99. The van der Waals surface area contributed by atoms with Gasteiger partial charge in [0.25, 0.3) is 0 Å². The van der Waals surface area contributed by atoms with Gasteiger partial charge in [-0.05, 0) is 18.7 Å². The number of hydrogen-bond acceptors (Lipinski definition) is 5. The van der Waals surface area contributed by atoms with E-state index < -0.39 is 0 Å². The molecule has 1 aromatic carbocycles. The van der Waals surface area contributed by atoms with E-state index in [0.717, 1.165) is 18.5 Å². The van der Waals surface area contributed by atoms with Gasteiger partial charge in [-0.1, -0.05) is 19.1 Å². The number of fused-ring (bicyclic) bond motifs is 1. The summed E-state index contributed by atoms with van der Waals surface area (Å²) in [6.07, 6.45) is 2.88. The fraction of sp³-hybridized carbons (Fsp3) is 0.286. The number of likely N-dealkylation sites (N-methyl/N-ethyl adjacent to an activating group) is 1. The number of aromatic nitrogens is 2. The third-order valence-electron chi connectivity index (χ3n) is 2.96. The van der Waals surface area contributed by atoms with Crippen LogP contribution in [0.25, 0.3) is 10.2 Å². The van der Waals surface area contributed by atoms with Crippen molar-refractivity contribution in [2.24, 2.45) is 0 Å². The van der Waals surface area contributed by atoms with Gasteiger partial charge in [0.2, 0.25) is 0 Å². The van der Waals surface area contributed by atoms with E-state index in [4.69, 9.17) is 4.98 Å². The lowest BCUT2D eigenvalue weighted by atomic mass is 10.2. The van der Waals surface area contributed by atoms with E-state index in [1.54, 1.807) is 22.7 Å². The number of para-hydroxylation sites is 1. The van der Waals surface area contributed by atoms with Gasteiger partial charge in [0, 0.05) is 23.5 Å². The summed E-state index contributed by atoms with van der Waals surface area (Å²) in [5, 5.41) is 4.70. The third kappa shape index (κ3) is 2.83. The fourth-order valence-corrected chi connectivity index (χ4v) is 3.81. The van der Waals surface area contributed by atoms with Crippen molar-refractivity contribution < 1.29 is 0 Å². The van der Waals surface area contributed by atoms with E-state index >= 15 is 0 Å². The minimum absolute atomic E-state index is 0.318. The van der Waals surface area contributed by atoms with Gasteiger partial charge in [0.15, 0.2) is 0 Å². The Morgan fingerprint density at radius 3 is 2.95 bits per heavy atom. The van der Waals surface area contributed by atoms with Crippen LogP contribution in [0.3, 0.4) is 0 Å². The van der Waals surface area contributed by atoms with Gasteiger partial charge in [-0.3, -0.25) is 4.98 Å². The molecule has 98 valence electrons. The molecule has 0 aliphatic rings. The van der Waals surface area contributed by atoms with Crippen molar-refractivity contribution in [1.82, 2.24) is 15.3 Å². The SMILES string of the molecule is CCNC(Cc1nc2ccccc2s1)c1cncs1. The highest BCUT2D eigenvalue weighted by Crippen LogP contribution is 2.27. The predicted molar refractivity (Wildman–Crippen MR) is 81.9 cm³/mol. The van der Waals surface area contributed by atoms with Gasteiger partial charge in [-0.2, -0.15) is 0 Å². The number of nitrogens with one attached hydrogen (secondary N) is 1. The monoisotopic (exact) mass is 289 g/mol. The first-order valence-electron chi connectivity index (χ1n) is 6.33. The minimum atomic E-state index is 0.318. The summed E-state index contributed by atoms with van der Waals surface area (Å²) in [7, 11) is 0. The van der Waals surface area contributed by atoms with Gasteiger partial charge < -0.3 is 5.32 Å². The first-order valence-corrected chi connectivity index (χ1v) is 8.02. The maximum absolute atomic E-state index is 4.71. The summed E-state index contributed by atoms with van der Waals surface area (Å²) in [6, 6.07) is 8.62. The predicted octanol–water partition coefficient (Wildman–Crippen LogP) is 3.65. The molecule has 0 bridgehead atoms. The highest BCUT2D eigenvalue weighted by Gasteiger charge is 2.15. The molecule has 2 heterocycles. The first-order chi connectivity index (χ1) is 9.36. The molecular weight excluding hydrogens is 274 g/mol. The Kier molecular flexibility index (Phi) is 3.87. The Bertz CT molecular complexity index is 613. The van der Waals surface area contributed by atoms with Crippen molar-refractivity contribution in [3.8, 4) is 0 Å². The fourth-order valence-electron chi connectivity index (χ4n) is 2.10.